The molecule has 2 aromatic rings. The van der Waals surface area contributed by atoms with Crippen LogP contribution < -0.4 is 5.32 Å². The molecule has 3 rings (SSSR count). The Morgan fingerprint density at radius 1 is 1.04 bits per heavy atom. The summed E-state index contributed by atoms with van der Waals surface area (Å²) in [5.74, 6) is -6.42. The second kappa shape index (κ2) is 7.15. The lowest BCUT2D eigenvalue weighted by Gasteiger charge is -2.24. The van der Waals surface area contributed by atoms with Crippen LogP contribution >= 0.6 is 0 Å². The molecule has 0 bridgehead atoms. The van der Waals surface area contributed by atoms with Gasteiger partial charge >= 0.3 is 0 Å². The van der Waals surface area contributed by atoms with Crippen molar-refractivity contribution >= 4 is 17.5 Å². The van der Waals surface area contributed by atoms with Crippen LogP contribution in [0.5, 0.6) is 0 Å². The van der Waals surface area contributed by atoms with Gasteiger partial charge in [0.25, 0.3) is 5.91 Å². The Morgan fingerprint density at radius 3 is 2.54 bits per heavy atom. The Bertz CT molecular complexity index is 872. The lowest BCUT2D eigenvalue weighted by Crippen LogP contribution is -2.43. The topological polar surface area (TPSA) is 49.4 Å². The van der Waals surface area contributed by atoms with E-state index in [4.69, 9.17) is 0 Å². The first-order chi connectivity index (χ1) is 12.4. The average Bonchev–Trinajstić information content (AvgIpc) is 3.11. The molecule has 0 radical (unpaired) electrons. The van der Waals surface area contributed by atoms with E-state index in [-0.39, 0.29) is 12.1 Å². The Hall–Kier alpha value is -2.90. The minimum Gasteiger partial charge on any atom is -0.327 e. The number of carbonyl (C=O) groups excluding carboxylic acids is 2. The molecule has 0 aliphatic carbocycles. The van der Waals surface area contributed by atoms with E-state index in [1.54, 1.807) is 0 Å². The van der Waals surface area contributed by atoms with E-state index in [2.05, 4.69) is 5.32 Å². The van der Waals surface area contributed by atoms with E-state index >= 15 is 0 Å². The van der Waals surface area contributed by atoms with Gasteiger partial charge < -0.3 is 10.2 Å². The number of amides is 2. The van der Waals surface area contributed by atoms with Crippen LogP contribution in [0, 0.1) is 23.3 Å². The molecule has 136 valence electrons. The highest BCUT2D eigenvalue weighted by Crippen LogP contribution is 2.24. The molecule has 1 aliphatic heterocycles. The lowest BCUT2D eigenvalue weighted by atomic mass is 10.1. The van der Waals surface area contributed by atoms with Gasteiger partial charge in [0.1, 0.15) is 11.9 Å². The number of rotatable bonds is 3. The minimum absolute atomic E-state index is 0.0868. The van der Waals surface area contributed by atoms with Gasteiger partial charge in [0.15, 0.2) is 17.5 Å². The third-order valence-corrected chi connectivity index (χ3v) is 4.18. The van der Waals surface area contributed by atoms with Crippen molar-refractivity contribution < 1.29 is 27.2 Å². The molecule has 0 aromatic heterocycles. The first kappa shape index (κ1) is 17.9. The van der Waals surface area contributed by atoms with Crippen LogP contribution in [-0.2, 0) is 4.79 Å². The predicted octanol–water partition coefficient (Wildman–Crippen LogP) is 3.49. The zero-order chi connectivity index (χ0) is 18.8. The van der Waals surface area contributed by atoms with Crippen molar-refractivity contribution in [3.63, 3.8) is 0 Å². The van der Waals surface area contributed by atoms with E-state index in [1.807, 2.05) is 0 Å². The molecule has 0 saturated carbocycles. The van der Waals surface area contributed by atoms with E-state index in [0.29, 0.717) is 18.9 Å². The fourth-order valence-corrected chi connectivity index (χ4v) is 2.91. The zero-order valence-electron chi connectivity index (χ0n) is 13.4. The molecular weight excluding hydrogens is 352 g/mol. The predicted molar refractivity (Wildman–Crippen MR) is 85.4 cm³/mol. The second-order valence-electron chi connectivity index (χ2n) is 5.88. The molecule has 2 amide bonds. The van der Waals surface area contributed by atoms with Crippen LogP contribution in [0.2, 0.25) is 0 Å². The van der Waals surface area contributed by atoms with Crippen molar-refractivity contribution in [1.82, 2.24) is 4.90 Å². The van der Waals surface area contributed by atoms with Gasteiger partial charge in [0.2, 0.25) is 5.91 Å². The van der Waals surface area contributed by atoms with E-state index in [9.17, 15) is 27.2 Å². The maximum Gasteiger partial charge on any atom is 0.254 e. The minimum atomic E-state index is -1.69. The number of hydrogen-bond donors (Lipinski definition) is 1. The molecule has 0 spiro atoms. The Balaban J connectivity index is 1.79. The summed E-state index contributed by atoms with van der Waals surface area (Å²) in [4.78, 5) is 26.2. The largest absolute Gasteiger partial charge is 0.327 e. The van der Waals surface area contributed by atoms with E-state index in [0.717, 1.165) is 12.1 Å². The average molecular weight is 366 g/mol. The molecular formula is C18H14F4N2O2. The third-order valence-electron chi connectivity index (χ3n) is 4.18. The molecule has 1 fully saturated rings. The van der Waals surface area contributed by atoms with Crippen LogP contribution in [0.3, 0.4) is 0 Å². The smallest absolute Gasteiger partial charge is 0.254 e. The van der Waals surface area contributed by atoms with Gasteiger partial charge in [-0.25, -0.2) is 17.6 Å². The number of nitrogens with zero attached hydrogens (tertiary/aromatic N) is 1. The number of nitrogens with one attached hydrogen (secondary N) is 1. The standard InChI is InChI=1S/C18H14F4N2O2/c19-11-4-1-3-10(9-11)18(26)24-8-2-5-14(24)17(25)23-13-7-6-12(20)15(21)16(13)22/h1,3-4,6-7,9,14H,2,5,8H2,(H,23,25). The van der Waals surface area contributed by atoms with Crippen LogP contribution in [0.4, 0.5) is 23.2 Å². The fourth-order valence-electron chi connectivity index (χ4n) is 2.91. The molecule has 1 N–H and O–H groups in total. The van der Waals surface area contributed by atoms with Crippen molar-refractivity contribution in [3.05, 3.63) is 65.2 Å². The normalized spacial score (nSPS) is 16.6. The number of benzene rings is 2. The van der Waals surface area contributed by atoms with Gasteiger partial charge in [-0.05, 0) is 43.2 Å². The van der Waals surface area contributed by atoms with Crippen molar-refractivity contribution in [2.45, 2.75) is 18.9 Å². The first-order valence-corrected chi connectivity index (χ1v) is 7.89. The monoisotopic (exact) mass is 366 g/mol. The highest BCUT2D eigenvalue weighted by molar-refractivity contribution is 6.01. The van der Waals surface area contributed by atoms with Gasteiger partial charge in [-0.2, -0.15) is 0 Å². The molecule has 1 heterocycles. The summed E-state index contributed by atoms with van der Waals surface area (Å²) in [6.07, 6.45) is 0.845. The van der Waals surface area contributed by atoms with Gasteiger partial charge in [0.05, 0.1) is 5.69 Å². The Kier molecular flexibility index (Phi) is 4.92. The van der Waals surface area contributed by atoms with Crippen LogP contribution in [-0.4, -0.2) is 29.3 Å². The molecule has 1 unspecified atom stereocenters. The molecule has 1 atom stereocenters. The first-order valence-electron chi connectivity index (χ1n) is 7.89. The molecule has 1 saturated heterocycles. The number of anilines is 1. The zero-order valence-corrected chi connectivity index (χ0v) is 13.4. The molecule has 26 heavy (non-hydrogen) atoms. The fraction of sp³-hybridized carbons (Fsp3) is 0.222. The summed E-state index contributed by atoms with van der Waals surface area (Å²) in [7, 11) is 0. The summed E-state index contributed by atoms with van der Waals surface area (Å²) in [6, 6.07) is 5.73. The Morgan fingerprint density at radius 2 is 1.81 bits per heavy atom. The summed E-state index contributed by atoms with van der Waals surface area (Å²) in [6.45, 7) is 0.272. The van der Waals surface area contributed by atoms with E-state index in [1.165, 1.54) is 23.1 Å². The Labute approximate surface area is 146 Å². The summed E-state index contributed by atoms with van der Waals surface area (Å²) >= 11 is 0. The molecule has 2 aromatic carbocycles. The summed E-state index contributed by atoms with van der Waals surface area (Å²) in [5.41, 5.74) is -0.428. The van der Waals surface area contributed by atoms with Crippen molar-refractivity contribution in [3.8, 4) is 0 Å². The highest BCUT2D eigenvalue weighted by atomic mass is 19.2. The highest BCUT2D eigenvalue weighted by Gasteiger charge is 2.35. The van der Waals surface area contributed by atoms with Crippen molar-refractivity contribution in [2.24, 2.45) is 0 Å². The van der Waals surface area contributed by atoms with Crippen LogP contribution in [0.15, 0.2) is 36.4 Å². The van der Waals surface area contributed by atoms with Crippen LogP contribution in [0.1, 0.15) is 23.2 Å². The van der Waals surface area contributed by atoms with Crippen LogP contribution in [0.25, 0.3) is 0 Å². The van der Waals surface area contributed by atoms with Crippen molar-refractivity contribution in [1.29, 1.82) is 0 Å². The quantitative estimate of drug-likeness (QED) is 0.668. The van der Waals surface area contributed by atoms with E-state index < -0.39 is 46.8 Å². The van der Waals surface area contributed by atoms with Gasteiger partial charge in [-0.1, -0.05) is 6.07 Å². The lowest BCUT2D eigenvalue weighted by molar-refractivity contribution is -0.119. The summed E-state index contributed by atoms with van der Waals surface area (Å²) in [5, 5.41) is 2.18. The molecule has 1 aliphatic rings. The van der Waals surface area contributed by atoms with Gasteiger partial charge in [0, 0.05) is 12.1 Å². The number of hydrogen-bond acceptors (Lipinski definition) is 2. The summed E-state index contributed by atoms with van der Waals surface area (Å²) < 4.78 is 53.3. The molecule has 8 heteroatoms. The van der Waals surface area contributed by atoms with Gasteiger partial charge in [-0.15, -0.1) is 0 Å². The second-order valence-corrected chi connectivity index (χ2v) is 5.88. The number of carbonyl (C=O) groups is 2. The third kappa shape index (κ3) is 3.40. The SMILES string of the molecule is O=C(Nc1ccc(F)c(F)c1F)C1CCCN1C(=O)c1cccc(F)c1. The maximum absolute atomic E-state index is 13.7. The van der Waals surface area contributed by atoms with Crippen molar-refractivity contribution in [2.75, 3.05) is 11.9 Å². The maximum atomic E-state index is 13.7. The molecule has 4 nitrogen and oxygen atoms in total. The number of halogens is 4. The van der Waals surface area contributed by atoms with Gasteiger partial charge in [-0.3, -0.25) is 9.59 Å². The number of likely N-dealkylation sites (tertiary alicyclic amines) is 1.